The third-order valence-electron chi connectivity index (χ3n) is 8.59. The second-order valence-electron chi connectivity index (χ2n) is 9.55. The number of carbonyl (C=O) groups excluding carboxylic acids is 1. The first-order chi connectivity index (χ1) is 12.2. The van der Waals surface area contributed by atoms with Gasteiger partial charge in [-0.2, -0.15) is 0 Å². The summed E-state index contributed by atoms with van der Waals surface area (Å²) in [5.41, 5.74) is 0.179. The Bertz CT molecular complexity index is 707. The number of rotatable bonds is 3. The van der Waals surface area contributed by atoms with Gasteiger partial charge in [0.1, 0.15) is 0 Å². The topological polar surface area (TPSA) is 74.6 Å². The van der Waals surface area contributed by atoms with E-state index < -0.39 is 11.6 Å². The van der Waals surface area contributed by atoms with E-state index in [1.165, 1.54) is 5.57 Å². The lowest BCUT2D eigenvalue weighted by Crippen LogP contribution is -2.53. The monoisotopic (exact) mass is 358 g/mol. The van der Waals surface area contributed by atoms with Crippen molar-refractivity contribution in [3.8, 4) is 0 Å². The number of allylic oxidation sites excluding steroid dienone is 4. The fraction of sp³-hybridized carbons (Fsp3) is 0.727. The van der Waals surface area contributed by atoms with Crippen molar-refractivity contribution in [2.75, 3.05) is 0 Å². The third-order valence-corrected chi connectivity index (χ3v) is 8.59. The van der Waals surface area contributed by atoms with E-state index >= 15 is 0 Å². The maximum Gasteiger partial charge on any atom is 0.303 e. The molecule has 2 N–H and O–H groups in total. The summed E-state index contributed by atoms with van der Waals surface area (Å²) in [5.74, 6) is 0.748. The molecular formula is C22H30O4. The van der Waals surface area contributed by atoms with Crippen LogP contribution in [0.1, 0.15) is 65.2 Å². The molecule has 6 atom stereocenters. The number of carbonyl (C=O) groups is 2. The van der Waals surface area contributed by atoms with Crippen LogP contribution in [0.4, 0.5) is 0 Å². The molecular weight excluding hydrogens is 328 g/mol. The summed E-state index contributed by atoms with van der Waals surface area (Å²) in [4.78, 5) is 22.9. The predicted molar refractivity (Wildman–Crippen MR) is 98.4 cm³/mol. The molecule has 0 saturated heterocycles. The lowest BCUT2D eigenvalue weighted by molar-refractivity contribution is -0.144. The minimum absolute atomic E-state index is 0.0372. The standard InChI is InChI=1S/C22H30O4/c1-20-9-5-15(23)13-14(20)3-4-16-17(20)6-10-21(2)18(16)7-11-22(21,26)12-8-19(24)25/h3-4,13,16-18,26H,5-12H2,1-2H3,(H,24,25). The van der Waals surface area contributed by atoms with Gasteiger partial charge in [0, 0.05) is 12.8 Å². The highest BCUT2D eigenvalue weighted by Crippen LogP contribution is 2.66. The van der Waals surface area contributed by atoms with Gasteiger partial charge in [-0.05, 0) is 78.8 Å². The van der Waals surface area contributed by atoms with E-state index in [-0.39, 0.29) is 23.0 Å². The van der Waals surface area contributed by atoms with E-state index in [1.54, 1.807) is 0 Å². The van der Waals surface area contributed by atoms with Gasteiger partial charge in [0.25, 0.3) is 0 Å². The van der Waals surface area contributed by atoms with E-state index in [1.807, 2.05) is 6.08 Å². The Labute approximate surface area is 155 Å². The van der Waals surface area contributed by atoms with E-state index in [2.05, 4.69) is 26.0 Å². The number of carboxylic acids is 1. The zero-order valence-electron chi connectivity index (χ0n) is 15.8. The van der Waals surface area contributed by atoms with Crippen molar-refractivity contribution in [2.45, 2.75) is 70.8 Å². The van der Waals surface area contributed by atoms with Crippen LogP contribution >= 0.6 is 0 Å². The second-order valence-corrected chi connectivity index (χ2v) is 9.55. The van der Waals surface area contributed by atoms with Crippen LogP contribution in [0.5, 0.6) is 0 Å². The first-order valence-corrected chi connectivity index (χ1v) is 10.1. The van der Waals surface area contributed by atoms with Crippen molar-refractivity contribution >= 4 is 11.8 Å². The van der Waals surface area contributed by atoms with E-state index in [0.717, 1.165) is 25.7 Å². The number of aliphatic carboxylic acids is 1. The maximum absolute atomic E-state index is 11.9. The first kappa shape index (κ1) is 18.0. The van der Waals surface area contributed by atoms with Crippen molar-refractivity contribution < 1.29 is 19.8 Å². The summed E-state index contributed by atoms with van der Waals surface area (Å²) in [6.45, 7) is 4.51. The Morgan fingerprint density at radius 1 is 1.19 bits per heavy atom. The molecule has 4 nitrogen and oxygen atoms in total. The van der Waals surface area contributed by atoms with Crippen LogP contribution in [0, 0.1) is 28.6 Å². The zero-order valence-corrected chi connectivity index (χ0v) is 15.8. The molecule has 4 aliphatic rings. The Hall–Kier alpha value is -1.42. The van der Waals surface area contributed by atoms with Crippen molar-refractivity contribution in [2.24, 2.45) is 28.6 Å². The van der Waals surface area contributed by atoms with E-state index in [0.29, 0.717) is 37.0 Å². The SMILES string of the molecule is CC12CCC(=O)C=C1C=CC1C2CCC2(C)C1CCC2(O)CCC(=O)O. The molecule has 2 fully saturated rings. The molecule has 0 amide bonds. The molecule has 142 valence electrons. The van der Waals surface area contributed by atoms with Gasteiger partial charge < -0.3 is 10.2 Å². The van der Waals surface area contributed by atoms with Gasteiger partial charge in [0.05, 0.1) is 5.60 Å². The highest BCUT2D eigenvalue weighted by atomic mass is 16.4. The molecule has 0 aromatic carbocycles. The smallest absolute Gasteiger partial charge is 0.303 e. The Balaban J connectivity index is 1.66. The Kier molecular flexibility index (Phi) is 4.00. The summed E-state index contributed by atoms with van der Waals surface area (Å²) >= 11 is 0. The van der Waals surface area contributed by atoms with Crippen molar-refractivity contribution in [1.29, 1.82) is 0 Å². The van der Waals surface area contributed by atoms with Crippen LogP contribution in [-0.4, -0.2) is 27.6 Å². The largest absolute Gasteiger partial charge is 0.481 e. The molecule has 0 aromatic heterocycles. The number of carboxylic acid groups (broad SMARTS) is 1. The molecule has 0 radical (unpaired) electrons. The van der Waals surface area contributed by atoms with Gasteiger partial charge in [-0.25, -0.2) is 0 Å². The van der Waals surface area contributed by atoms with Gasteiger partial charge in [-0.1, -0.05) is 26.0 Å². The third kappa shape index (κ3) is 2.37. The van der Waals surface area contributed by atoms with Crippen LogP contribution < -0.4 is 0 Å². The highest BCUT2D eigenvalue weighted by Gasteiger charge is 2.62. The maximum atomic E-state index is 11.9. The summed E-state index contributed by atoms with van der Waals surface area (Å²) in [7, 11) is 0. The molecule has 6 unspecified atom stereocenters. The quantitative estimate of drug-likeness (QED) is 0.802. The van der Waals surface area contributed by atoms with Crippen LogP contribution in [-0.2, 0) is 9.59 Å². The second kappa shape index (κ2) is 5.79. The van der Waals surface area contributed by atoms with E-state index in [4.69, 9.17) is 5.11 Å². The number of fused-ring (bicyclic) bond motifs is 5. The summed E-state index contributed by atoms with van der Waals surface area (Å²) in [6, 6.07) is 0. The summed E-state index contributed by atoms with van der Waals surface area (Å²) < 4.78 is 0. The average molecular weight is 358 g/mol. The molecule has 0 spiro atoms. The van der Waals surface area contributed by atoms with Gasteiger partial charge >= 0.3 is 5.97 Å². The van der Waals surface area contributed by atoms with Crippen molar-refractivity contribution in [3.63, 3.8) is 0 Å². The first-order valence-electron chi connectivity index (χ1n) is 10.1. The fourth-order valence-electron chi connectivity index (χ4n) is 6.83. The number of aliphatic hydroxyl groups is 1. The molecule has 0 bridgehead atoms. The van der Waals surface area contributed by atoms with Gasteiger partial charge in [0.15, 0.2) is 5.78 Å². The van der Waals surface area contributed by atoms with Crippen LogP contribution in [0.25, 0.3) is 0 Å². The molecule has 0 aromatic rings. The summed E-state index contributed by atoms with van der Waals surface area (Å²) in [5, 5.41) is 20.5. The number of ketones is 1. The molecule has 4 rings (SSSR count). The van der Waals surface area contributed by atoms with Gasteiger partial charge in [-0.15, -0.1) is 0 Å². The lowest BCUT2D eigenvalue weighted by atomic mass is 9.48. The molecule has 4 heteroatoms. The lowest BCUT2D eigenvalue weighted by Gasteiger charge is -2.57. The highest BCUT2D eigenvalue weighted by molar-refractivity contribution is 5.92. The number of hydrogen-bond donors (Lipinski definition) is 2. The molecule has 4 aliphatic carbocycles. The predicted octanol–water partition coefficient (Wildman–Crippen LogP) is 3.89. The molecule has 0 heterocycles. The number of hydrogen-bond acceptors (Lipinski definition) is 3. The minimum atomic E-state index is -0.867. The van der Waals surface area contributed by atoms with Crippen molar-refractivity contribution in [1.82, 2.24) is 0 Å². The summed E-state index contributed by atoms with van der Waals surface area (Å²) in [6.07, 6.45) is 11.9. The Morgan fingerprint density at radius 2 is 1.92 bits per heavy atom. The zero-order chi connectivity index (χ0) is 18.7. The minimum Gasteiger partial charge on any atom is -0.481 e. The fourth-order valence-corrected chi connectivity index (χ4v) is 6.83. The van der Waals surface area contributed by atoms with Crippen LogP contribution in [0.15, 0.2) is 23.8 Å². The van der Waals surface area contributed by atoms with Crippen molar-refractivity contribution in [3.05, 3.63) is 23.8 Å². The molecule has 2 saturated carbocycles. The van der Waals surface area contributed by atoms with Crippen LogP contribution in [0.2, 0.25) is 0 Å². The van der Waals surface area contributed by atoms with Gasteiger partial charge in [-0.3, -0.25) is 9.59 Å². The molecule has 0 aliphatic heterocycles. The van der Waals surface area contributed by atoms with Gasteiger partial charge in [0.2, 0.25) is 0 Å². The Morgan fingerprint density at radius 3 is 2.65 bits per heavy atom. The van der Waals surface area contributed by atoms with E-state index in [9.17, 15) is 14.7 Å². The van der Waals surface area contributed by atoms with Crippen LogP contribution in [0.3, 0.4) is 0 Å². The molecule has 26 heavy (non-hydrogen) atoms. The average Bonchev–Trinajstić information content (AvgIpc) is 2.86. The normalized spacial score (nSPS) is 47.0.